The Kier molecular flexibility index (Phi) is 4.41. The molecule has 0 saturated heterocycles. The van der Waals surface area contributed by atoms with Crippen LogP contribution in [0.3, 0.4) is 0 Å². The van der Waals surface area contributed by atoms with Gasteiger partial charge >= 0.3 is 0 Å². The number of carbonyl (C=O) groups is 2. The summed E-state index contributed by atoms with van der Waals surface area (Å²) in [4.78, 5) is 29.1. The van der Waals surface area contributed by atoms with Crippen molar-refractivity contribution >= 4 is 17.5 Å². The van der Waals surface area contributed by atoms with Gasteiger partial charge in [-0.3, -0.25) is 19.4 Å². The second-order valence-corrected chi connectivity index (χ2v) is 6.49. The third-order valence-electron chi connectivity index (χ3n) is 4.40. The number of aromatic amines is 1. The van der Waals surface area contributed by atoms with Crippen LogP contribution < -0.4 is 10.6 Å². The zero-order valence-electron chi connectivity index (χ0n) is 14.8. The van der Waals surface area contributed by atoms with Gasteiger partial charge in [0.05, 0.1) is 11.4 Å². The fourth-order valence-corrected chi connectivity index (χ4v) is 3.08. The van der Waals surface area contributed by atoms with Crippen molar-refractivity contribution in [3.05, 3.63) is 59.4 Å². The molecule has 2 amide bonds. The van der Waals surface area contributed by atoms with Gasteiger partial charge in [-0.15, -0.1) is 5.10 Å². The summed E-state index contributed by atoms with van der Waals surface area (Å²) in [7, 11) is 1.80. The van der Waals surface area contributed by atoms with E-state index in [1.165, 1.54) is 0 Å². The van der Waals surface area contributed by atoms with Gasteiger partial charge < -0.3 is 10.6 Å². The minimum atomic E-state index is -0.659. The number of H-pyrrole nitrogens is 1. The zero-order chi connectivity index (χ0) is 18.8. The fourth-order valence-electron chi connectivity index (χ4n) is 3.08. The van der Waals surface area contributed by atoms with Crippen LogP contribution in [0, 0.1) is 0 Å². The van der Waals surface area contributed by atoms with E-state index < -0.39 is 11.9 Å². The van der Waals surface area contributed by atoms with Crippen molar-refractivity contribution in [1.82, 2.24) is 30.3 Å². The Labute approximate surface area is 155 Å². The highest BCUT2D eigenvalue weighted by atomic mass is 16.2. The van der Waals surface area contributed by atoms with Crippen molar-refractivity contribution in [2.24, 2.45) is 7.05 Å². The van der Waals surface area contributed by atoms with Gasteiger partial charge in [0.1, 0.15) is 11.9 Å². The minimum absolute atomic E-state index is 0.0226. The van der Waals surface area contributed by atoms with E-state index >= 15 is 0 Å². The van der Waals surface area contributed by atoms with Gasteiger partial charge in [-0.05, 0) is 18.4 Å². The summed E-state index contributed by atoms with van der Waals surface area (Å²) in [6.07, 6.45) is 3.35. The molecule has 0 bridgehead atoms. The van der Waals surface area contributed by atoms with Crippen molar-refractivity contribution in [2.75, 3.05) is 5.32 Å². The van der Waals surface area contributed by atoms with Crippen LogP contribution in [0.15, 0.2) is 36.5 Å². The number of aromatic nitrogens is 5. The molecule has 1 aliphatic rings. The van der Waals surface area contributed by atoms with Crippen LogP contribution in [0.5, 0.6) is 0 Å². The molecule has 0 saturated carbocycles. The standard InChI is InChI=1S/C18H19N7O2/c1-25-10-14-12(24-25)7-8-13(17(26)20-14)19-18(27)16-21-15(22-23-16)9-11-5-3-2-4-6-11/h2-6,10,13H,7-9H2,1H3,(H,19,27)(H,20,26)(H,21,22,23)/t13-/m1/s1. The first-order chi connectivity index (χ1) is 13.1. The third-order valence-corrected chi connectivity index (χ3v) is 4.40. The van der Waals surface area contributed by atoms with Crippen LogP contribution in [0.1, 0.15) is 34.1 Å². The summed E-state index contributed by atoms with van der Waals surface area (Å²) in [6, 6.07) is 9.11. The highest BCUT2D eigenvalue weighted by Gasteiger charge is 2.28. The Hall–Kier alpha value is -3.49. The normalized spacial score (nSPS) is 16.3. The quantitative estimate of drug-likeness (QED) is 0.632. The fraction of sp³-hybridized carbons (Fsp3) is 0.278. The molecule has 0 radical (unpaired) electrons. The predicted molar refractivity (Wildman–Crippen MR) is 97.0 cm³/mol. The van der Waals surface area contributed by atoms with Gasteiger partial charge in [0.25, 0.3) is 5.91 Å². The average molecular weight is 365 g/mol. The SMILES string of the molecule is Cn1cc2c(n1)CC[C@@H](NC(=O)c1n[nH]c(Cc3ccccc3)n1)C(=O)N2. The smallest absolute Gasteiger partial charge is 0.291 e. The van der Waals surface area contributed by atoms with Gasteiger partial charge in [-0.2, -0.15) is 5.10 Å². The van der Waals surface area contributed by atoms with Crippen molar-refractivity contribution in [2.45, 2.75) is 25.3 Å². The molecule has 3 N–H and O–H groups in total. The van der Waals surface area contributed by atoms with E-state index in [0.717, 1.165) is 11.3 Å². The molecule has 3 aromatic rings. The first-order valence-corrected chi connectivity index (χ1v) is 8.68. The largest absolute Gasteiger partial charge is 0.337 e. The second-order valence-electron chi connectivity index (χ2n) is 6.49. The predicted octanol–water partition coefficient (Wildman–Crippen LogP) is 0.812. The highest BCUT2D eigenvalue weighted by molar-refractivity contribution is 6.00. The van der Waals surface area contributed by atoms with Crippen molar-refractivity contribution in [3.8, 4) is 0 Å². The van der Waals surface area contributed by atoms with E-state index in [0.29, 0.717) is 30.8 Å². The molecule has 1 aliphatic heterocycles. The monoisotopic (exact) mass is 365 g/mol. The van der Waals surface area contributed by atoms with Crippen LogP contribution in [0.4, 0.5) is 5.69 Å². The van der Waals surface area contributed by atoms with Crippen LogP contribution in [0.25, 0.3) is 0 Å². The summed E-state index contributed by atoms with van der Waals surface area (Å²) in [6.45, 7) is 0. The van der Waals surface area contributed by atoms with Gasteiger partial charge in [0, 0.05) is 19.7 Å². The molecule has 1 atom stereocenters. The average Bonchev–Trinajstić information content (AvgIpc) is 3.22. The summed E-state index contributed by atoms with van der Waals surface area (Å²) in [5.41, 5.74) is 2.56. The van der Waals surface area contributed by atoms with E-state index in [1.54, 1.807) is 17.9 Å². The Bertz CT molecular complexity index is 977. The van der Waals surface area contributed by atoms with Crippen LogP contribution >= 0.6 is 0 Å². The lowest BCUT2D eigenvalue weighted by atomic mass is 10.1. The number of nitrogens with zero attached hydrogens (tertiary/aromatic N) is 4. The van der Waals surface area contributed by atoms with E-state index in [-0.39, 0.29) is 11.7 Å². The molecule has 9 nitrogen and oxygen atoms in total. The number of amides is 2. The molecule has 138 valence electrons. The van der Waals surface area contributed by atoms with E-state index in [9.17, 15) is 9.59 Å². The number of aryl methyl sites for hydroxylation is 2. The summed E-state index contributed by atoms with van der Waals surface area (Å²) in [5, 5.41) is 16.6. The number of fused-ring (bicyclic) bond motifs is 1. The molecule has 3 heterocycles. The van der Waals surface area contributed by atoms with Gasteiger partial charge in [0.15, 0.2) is 0 Å². The first kappa shape index (κ1) is 17.0. The van der Waals surface area contributed by atoms with Crippen LogP contribution in [-0.4, -0.2) is 42.8 Å². The Morgan fingerprint density at radius 3 is 2.96 bits per heavy atom. The minimum Gasteiger partial charge on any atom is -0.337 e. The van der Waals surface area contributed by atoms with Crippen LogP contribution in [0.2, 0.25) is 0 Å². The number of benzene rings is 1. The molecule has 0 fully saturated rings. The second kappa shape index (κ2) is 7.02. The van der Waals surface area contributed by atoms with E-state index in [1.807, 2.05) is 30.3 Å². The molecule has 4 rings (SSSR count). The Morgan fingerprint density at radius 1 is 1.33 bits per heavy atom. The first-order valence-electron chi connectivity index (χ1n) is 8.68. The van der Waals surface area contributed by atoms with Crippen molar-refractivity contribution in [3.63, 3.8) is 0 Å². The zero-order valence-corrected chi connectivity index (χ0v) is 14.8. The van der Waals surface area contributed by atoms with Gasteiger partial charge in [-0.1, -0.05) is 30.3 Å². The molecule has 0 unspecified atom stereocenters. The summed E-state index contributed by atoms with van der Waals surface area (Å²) >= 11 is 0. The maximum Gasteiger partial charge on any atom is 0.291 e. The van der Waals surface area contributed by atoms with Crippen molar-refractivity contribution in [1.29, 1.82) is 0 Å². The Balaban J connectivity index is 1.40. The van der Waals surface area contributed by atoms with Crippen molar-refractivity contribution < 1.29 is 9.59 Å². The molecule has 0 spiro atoms. The van der Waals surface area contributed by atoms with E-state index in [4.69, 9.17) is 0 Å². The third kappa shape index (κ3) is 3.71. The lowest BCUT2D eigenvalue weighted by molar-refractivity contribution is -0.118. The molecule has 0 aliphatic carbocycles. The maximum absolute atomic E-state index is 12.4. The Morgan fingerprint density at radius 2 is 2.15 bits per heavy atom. The summed E-state index contributed by atoms with van der Waals surface area (Å²) < 4.78 is 1.66. The molecule has 9 heteroatoms. The highest BCUT2D eigenvalue weighted by Crippen LogP contribution is 2.20. The lowest BCUT2D eigenvalue weighted by Crippen LogP contribution is -2.43. The van der Waals surface area contributed by atoms with Gasteiger partial charge in [0.2, 0.25) is 11.7 Å². The number of carbonyl (C=O) groups excluding carboxylic acids is 2. The number of hydrogen-bond donors (Lipinski definition) is 3. The maximum atomic E-state index is 12.4. The number of hydrogen-bond acceptors (Lipinski definition) is 5. The lowest BCUT2D eigenvalue weighted by Gasteiger charge is -2.13. The number of nitrogens with one attached hydrogen (secondary N) is 3. The molecular formula is C18H19N7O2. The van der Waals surface area contributed by atoms with Crippen LogP contribution in [-0.2, 0) is 24.7 Å². The molecule has 27 heavy (non-hydrogen) atoms. The summed E-state index contributed by atoms with van der Waals surface area (Å²) in [5.74, 6) is -0.135. The van der Waals surface area contributed by atoms with E-state index in [2.05, 4.69) is 30.9 Å². The molecular weight excluding hydrogens is 346 g/mol. The number of anilines is 1. The van der Waals surface area contributed by atoms with Gasteiger partial charge in [-0.25, -0.2) is 4.98 Å². The topological polar surface area (TPSA) is 118 Å². The molecule has 1 aromatic carbocycles. The number of rotatable bonds is 4. The molecule has 2 aromatic heterocycles.